The minimum atomic E-state index is -0.370. The van der Waals surface area contributed by atoms with Crippen molar-refractivity contribution in [1.29, 1.82) is 0 Å². The number of esters is 1. The maximum atomic E-state index is 11.8. The van der Waals surface area contributed by atoms with Gasteiger partial charge in [-0.05, 0) is 35.9 Å². The first-order chi connectivity index (χ1) is 9.60. The number of H-pyrrole nitrogens is 1. The third-order valence-corrected chi connectivity index (χ3v) is 3.51. The zero-order valence-corrected chi connectivity index (χ0v) is 12.3. The van der Waals surface area contributed by atoms with Gasteiger partial charge in [-0.2, -0.15) is 0 Å². The third kappa shape index (κ3) is 3.65. The van der Waals surface area contributed by atoms with E-state index in [2.05, 4.69) is 4.98 Å². The molecular formula is C15H13Cl2NO2. The third-order valence-electron chi connectivity index (χ3n) is 2.78. The average Bonchev–Trinajstić information content (AvgIpc) is 2.94. The van der Waals surface area contributed by atoms with Gasteiger partial charge in [0.25, 0.3) is 0 Å². The van der Waals surface area contributed by atoms with Crippen LogP contribution in [-0.4, -0.2) is 18.1 Å². The summed E-state index contributed by atoms with van der Waals surface area (Å²) in [6.07, 6.45) is 4.01. The van der Waals surface area contributed by atoms with Crippen LogP contribution in [-0.2, 0) is 16.0 Å². The van der Waals surface area contributed by atoms with Crippen LogP contribution in [0.5, 0.6) is 0 Å². The van der Waals surface area contributed by atoms with Gasteiger partial charge in [0.15, 0.2) is 0 Å². The molecule has 0 aliphatic carbocycles. The minimum absolute atomic E-state index is 0.370. The standard InChI is InChI=1S/C15H13Cl2NO2/c1-20-15(19)11(9-12-3-2-6-18-12)7-10-4-5-13(16)14(17)8-10/h2-8,18H,9H2,1H3. The van der Waals surface area contributed by atoms with Crippen molar-refractivity contribution < 1.29 is 9.53 Å². The number of hydrogen-bond donors (Lipinski definition) is 1. The molecule has 0 aliphatic rings. The molecule has 0 spiro atoms. The molecule has 1 N–H and O–H groups in total. The summed E-state index contributed by atoms with van der Waals surface area (Å²) in [5.41, 5.74) is 2.27. The van der Waals surface area contributed by atoms with Crippen molar-refractivity contribution in [2.24, 2.45) is 0 Å². The number of benzene rings is 1. The monoisotopic (exact) mass is 309 g/mol. The molecule has 5 heteroatoms. The van der Waals surface area contributed by atoms with Gasteiger partial charge in [0.2, 0.25) is 0 Å². The van der Waals surface area contributed by atoms with Gasteiger partial charge in [-0.3, -0.25) is 0 Å². The highest BCUT2D eigenvalue weighted by molar-refractivity contribution is 6.42. The van der Waals surface area contributed by atoms with Crippen molar-refractivity contribution >= 4 is 35.2 Å². The highest BCUT2D eigenvalue weighted by Gasteiger charge is 2.11. The molecular weight excluding hydrogens is 297 g/mol. The van der Waals surface area contributed by atoms with E-state index in [0.717, 1.165) is 11.3 Å². The summed E-state index contributed by atoms with van der Waals surface area (Å²) in [7, 11) is 1.36. The predicted molar refractivity (Wildman–Crippen MR) is 81.0 cm³/mol. The lowest BCUT2D eigenvalue weighted by Crippen LogP contribution is -2.07. The largest absolute Gasteiger partial charge is 0.466 e. The Kier molecular flexibility index (Phi) is 4.88. The van der Waals surface area contributed by atoms with Gasteiger partial charge in [-0.1, -0.05) is 29.3 Å². The fourth-order valence-corrected chi connectivity index (χ4v) is 2.11. The van der Waals surface area contributed by atoms with Gasteiger partial charge in [-0.25, -0.2) is 4.79 Å². The summed E-state index contributed by atoms with van der Waals surface area (Å²) in [4.78, 5) is 14.9. The lowest BCUT2D eigenvalue weighted by Gasteiger charge is -2.05. The van der Waals surface area contributed by atoms with Gasteiger partial charge in [0.05, 0.1) is 17.2 Å². The molecule has 20 heavy (non-hydrogen) atoms. The number of hydrogen-bond acceptors (Lipinski definition) is 2. The van der Waals surface area contributed by atoms with Crippen LogP contribution in [0, 0.1) is 0 Å². The van der Waals surface area contributed by atoms with Crippen LogP contribution < -0.4 is 0 Å². The Hall–Kier alpha value is -1.71. The molecule has 0 saturated heterocycles. The van der Waals surface area contributed by atoms with Gasteiger partial charge >= 0.3 is 5.97 Å². The normalized spacial score (nSPS) is 11.4. The number of rotatable bonds is 4. The van der Waals surface area contributed by atoms with Crippen molar-refractivity contribution in [3.05, 3.63) is 63.4 Å². The number of aromatic amines is 1. The zero-order chi connectivity index (χ0) is 14.5. The Morgan fingerprint density at radius 3 is 2.70 bits per heavy atom. The lowest BCUT2D eigenvalue weighted by atomic mass is 10.1. The molecule has 3 nitrogen and oxygen atoms in total. The number of aromatic nitrogens is 1. The Balaban J connectivity index is 2.32. The van der Waals surface area contributed by atoms with Gasteiger partial charge in [-0.15, -0.1) is 0 Å². The van der Waals surface area contributed by atoms with E-state index in [1.165, 1.54) is 7.11 Å². The Morgan fingerprint density at radius 2 is 2.10 bits per heavy atom. The molecule has 0 amide bonds. The first-order valence-electron chi connectivity index (χ1n) is 5.96. The summed E-state index contributed by atoms with van der Waals surface area (Å²) < 4.78 is 4.81. The molecule has 0 fully saturated rings. The molecule has 0 atom stereocenters. The first kappa shape index (κ1) is 14.7. The number of carbonyl (C=O) groups excluding carboxylic acids is 1. The number of ether oxygens (including phenoxy) is 1. The van der Waals surface area contributed by atoms with Crippen molar-refractivity contribution in [1.82, 2.24) is 4.98 Å². The van der Waals surface area contributed by atoms with E-state index in [0.29, 0.717) is 22.0 Å². The zero-order valence-electron chi connectivity index (χ0n) is 10.8. The van der Waals surface area contributed by atoms with Crippen LogP contribution >= 0.6 is 23.2 Å². The smallest absolute Gasteiger partial charge is 0.334 e. The summed E-state index contributed by atoms with van der Waals surface area (Å²) in [5, 5.41) is 0.928. The van der Waals surface area contributed by atoms with E-state index >= 15 is 0 Å². The van der Waals surface area contributed by atoms with Crippen LogP contribution in [0.2, 0.25) is 10.0 Å². The average molecular weight is 310 g/mol. The Labute approximate surface area is 127 Å². The summed E-state index contributed by atoms with van der Waals surface area (Å²) in [5.74, 6) is -0.370. The molecule has 0 saturated carbocycles. The fraction of sp³-hybridized carbons (Fsp3) is 0.133. The van der Waals surface area contributed by atoms with Crippen LogP contribution in [0.3, 0.4) is 0 Å². The molecule has 104 valence electrons. The predicted octanol–water partition coefficient (Wildman–Crippen LogP) is 4.12. The minimum Gasteiger partial charge on any atom is -0.466 e. The number of carbonyl (C=O) groups is 1. The van der Waals surface area contributed by atoms with Gasteiger partial charge in [0.1, 0.15) is 0 Å². The molecule has 0 bridgehead atoms. The van der Waals surface area contributed by atoms with Gasteiger partial charge in [0, 0.05) is 23.9 Å². The molecule has 2 rings (SSSR count). The number of nitrogens with one attached hydrogen (secondary N) is 1. The second-order valence-corrected chi connectivity index (χ2v) is 5.02. The highest BCUT2D eigenvalue weighted by Crippen LogP contribution is 2.24. The summed E-state index contributed by atoms with van der Waals surface area (Å²) in [6, 6.07) is 8.99. The molecule has 0 radical (unpaired) electrons. The highest BCUT2D eigenvalue weighted by atomic mass is 35.5. The molecule has 0 aliphatic heterocycles. The molecule has 2 aromatic rings. The maximum Gasteiger partial charge on any atom is 0.334 e. The van der Waals surface area contributed by atoms with Crippen LogP contribution in [0.1, 0.15) is 11.3 Å². The fourth-order valence-electron chi connectivity index (χ4n) is 1.80. The van der Waals surface area contributed by atoms with Gasteiger partial charge < -0.3 is 9.72 Å². The van der Waals surface area contributed by atoms with Crippen LogP contribution in [0.15, 0.2) is 42.1 Å². The lowest BCUT2D eigenvalue weighted by molar-refractivity contribution is -0.136. The van der Waals surface area contributed by atoms with E-state index in [1.54, 1.807) is 24.3 Å². The Bertz CT molecular complexity index is 633. The summed E-state index contributed by atoms with van der Waals surface area (Å²) >= 11 is 11.8. The number of methoxy groups -OCH3 is 1. The second kappa shape index (κ2) is 6.64. The maximum absolute atomic E-state index is 11.8. The molecule has 1 heterocycles. The first-order valence-corrected chi connectivity index (χ1v) is 6.72. The van der Waals surface area contributed by atoms with E-state index in [1.807, 2.05) is 18.3 Å². The molecule has 1 aromatic heterocycles. The van der Waals surface area contributed by atoms with E-state index in [4.69, 9.17) is 27.9 Å². The van der Waals surface area contributed by atoms with Crippen LogP contribution in [0.25, 0.3) is 6.08 Å². The van der Waals surface area contributed by atoms with E-state index in [-0.39, 0.29) is 5.97 Å². The van der Waals surface area contributed by atoms with Crippen molar-refractivity contribution in [3.63, 3.8) is 0 Å². The van der Waals surface area contributed by atoms with Crippen molar-refractivity contribution in [2.75, 3.05) is 7.11 Å². The molecule has 1 aromatic carbocycles. The van der Waals surface area contributed by atoms with Crippen LogP contribution in [0.4, 0.5) is 0 Å². The molecule has 0 unspecified atom stereocenters. The van der Waals surface area contributed by atoms with E-state index in [9.17, 15) is 4.79 Å². The van der Waals surface area contributed by atoms with Crippen molar-refractivity contribution in [3.8, 4) is 0 Å². The summed E-state index contributed by atoms with van der Waals surface area (Å²) in [6.45, 7) is 0. The quantitative estimate of drug-likeness (QED) is 0.682. The SMILES string of the molecule is COC(=O)C(=Cc1ccc(Cl)c(Cl)c1)Cc1ccc[nH]1. The topological polar surface area (TPSA) is 42.1 Å². The van der Waals surface area contributed by atoms with E-state index < -0.39 is 0 Å². The second-order valence-electron chi connectivity index (χ2n) is 4.21. The van der Waals surface area contributed by atoms with Crippen molar-refractivity contribution in [2.45, 2.75) is 6.42 Å². The number of halogens is 2. The Morgan fingerprint density at radius 1 is 1.30 bits per heavy atom.